The first-order valence-corrected chi connectivity index (χ1v) is 7.80. The molecule has 2 aromatic rings. The van der Waals surface area contributed by atoms with Gasteiger partial charge in [0.05, 0.1) is 6.10 Å². The Kier molecular flexibility index (Phi) is 5.70. The van der Waals surface area contributed by atoms with Gasteiger partial charge in [-0.15, -0.1) is 0 Å². The Morgan fingerprint density at radius 3 is 1.86 bits per heavy atom. The van der Waals surface area contributed by atoms with Crippen LogP contribution >= 0.6 is 46.4 Å². The van der Waals surface area contributed by atoms with E-state index in [-0.39, 0.29) is 25.8 Å². The Balaban J connectivity index is 2.48. The molecule has 0 amide bonds. The van der Waals surface area contributed by atoms with Gasteiger partial charge in [0.25, 0.3) is 0 Å². The fourth-order valence-electron chi connectivity index (χ4n) is 1.92. The monoisotopic (exact) mass is 380 g/mol. The van der Waals surface area contributed by atoms with Crippen molar-refractivity contribution in [3.05, 3.63) is 56.0 Å². The first kappa shape index (κ1) is 17.5. The molecule has 0 bridgehead atoms. The zero-order chi connectivity index (χ0) is 16.4. The van der Waals surface area contributed by atoms with Crippen LogP contribution in [0.2, 0.25) is 20.1 Å². The van der Waals surface area contributed by atoms with Crippen LogP contribution in [0.1, 0.15) is 18.6 Å². The number of aliphatic hydroxyl groups excluding tert-OH is 1. The summed E-state index contributed by atoms with van der Waals surface area (Å²) < 4.78 is 5.75. The Labute approximate surface area is 147 Å². The van der Waals surface area contributed by atoms with Crippen molar-refractivity contribution >= 4 is 46.4 Å². The van der Waals surface area contributed by atoms with Crippen LogP contribution in [0.15, 0.2) is 30.3 Å². The van der Waals surface area contributed by atoms with Crippen LogP contribution in [0.5, 0.6) is 11.5 Å². The molecule has 2 N–H and O–H groups in total. The summed E-state index contributed by atoms with van der Waals surface area (Å²) in [4.78, 5) is 0. The van der Waals surface area contributed by atoms with Crippen molar-refractivity contribution in [1.82, 2.24) is 0 Å². The van der Waals surface area contributed by atoms with E-state index >= 15 is 0 Å². The van der Waals surface area contributed by atoms with E-state index in [0.29, 0.717) is 0 Å². The van der Waals surface area contributed by atoms with Crippen LogP contribution in [-0.2, 0) is 0 Å². The highest BCUT2D eigenvalue weighted by atomic mass is 35.5. The average Bonchev–Trinajstić information content (AvgIpc) is 2.51. The van der Waals surface area contributed by atoms with Crippen LogP contribution < -0.4 is 4.74 Å². The number of rotatable bonds is 4. The molecule has 0 aromatic heterocycles. The number of hydrogen-bond acceptors (Lipinski definition) is 3. The molecule has 0 saturated carbocycles. The van der Waals surface area contributed by atoms with Gasteiger partial charge in [0.15, 0.2) is 11.5 Å². The van der Waals surface area contributed by atoms with Crippen LogP contribution in [-0.4, -0.2) is 16.3 Å². The molecule has 0 aliphatic carbocycles. The van der Waals surface area contributed by atoms with Crippen LogP contribution in [0.25, 0.3) is 0 Å². The lowest BCUT2D eigenvalue weighted by molar-refractivity contribution is 0.0482. The molecule has 0 radical (unpaired) electrons. The topological polar surface area (TPSA) is 49.7 Å². The highest BCUT2D eigenvalue weighted by Crippen LogP contribution is 2.50. The van der Waals surface area contributed by atoms with Gasteiger partial charge in [-0.05, 0) is 12.5 Å². The second-order valence-corrected chi connectivity index (χ2v) is 6.14. The summed E-state index contributed by atoms with van der Waals surface area (Å²) >= 11 is 23.9. The van der Waals surface area contributed by atoms with Crippen molar-refractivity contribution in [3.63, 3.8) is 0 Å². The molecule has 0 aliphatic rings. The molecule has 2 rings (SSSR count). The number of halogens is 4. The Bertz CT molecular complexity index is 645. The van der Waals surface area contributed by atoms with Crippen molar-refractivity contribution in [1.29, 1.82) is 0 Å². The first-order chi connectivity index (χ1) is 10.3. The number of ether oxygens (including phenoxy) is 1. The number of phenolic OH excluding ortho intramolecular Hbond substituents is 1. The molecule has 2 unspecified atom stereocenters. The van der Waals surface area contributed by atoms with Gasteiger partial charge < -0.3 is 14.9 Å². The molecular formula is C15H12Cl4O3. The van der Waals surface area contributed by atoms with Gasteiger partial charge in [0, 0.05) is 0 Å². The molecule has 0 aliphatic heterocycles. The number of aliphatic hydroxyl groups is 1. The van der Waals surface area contributed by atoms with E-state index in [9.17, 15) is 10.2 Å². The van der Waals surface area contributed by atoms with Gasteiger partial charge >= 0.3 is 0 Å². The van der Waals surface area contributed by atoms with E-state index in [0.717, 1.165) is 5.56 Å². The minimum atomic E-state index is -0.846. The summed E-state index contributed by atoms with van der Waals surface area (Å²) in [5, 5.41) is 19.2. The molecular weight excluding hydrogens is 370 g/mol. The molecule has 3 nitrogen and oxygen atoms in total. The highest BCUT2D eigenvalue weighted by Gasteiger charge is 2.26. The quantitative estimate of drug-likeness (QED) is 0.686. The first-order valence-electron chi connectivity index (χ1n) is 6.29. The third-order valence-electron chi connectivity index (χ3n) is 3.01. The maximum absolute atomic E-state index is 9.98. The lowest BCUT2D eigenvalue weighted by atomic mass is 10.1. The number of benzene rings is 2. The lowest BCUT2D eigenvalue weighted by Gasteiger charge is -2.24. The van der Waals surface area contributed by atoms with E-state index in [4.69, 9.17) is 51.1 Å². The minimum Gasteiger partial charge on any atom is -0.505 e. The van der Waals surface area contributed by atoms with E-state index < -0.39 is 18.0 Å². The third kappa shape index (κ3) is 3.39. The third-order valence-corrected chi connectivity index (χ3v) is 4.66. The lowest BCUT2D eigenvalue weighted by Crippen LogP contribution is -2.21. The second-order valence-electron chi connectivity index (χ2n) is 4.62. The molecule has 22 heavy (non-hydrogen) atoms. The number of hydrogen-bond donors (Lipinski definition) is 2. The molecule has 0 heterocycles. The standard InChI is InChI=1S/C15H12Cl4O3/c1-7(20)14(8-5-3-2-4-6-8)22-15-11(18)9(16)13(21)10(17)12(15)19/h2-7,14,20-21H,1H3. The number of phenols is 1. The Morgan fingerprint density at radius 1 is 0.909 bits per heavy atom. The van der Waals surface area contributed by atoms with Crippen molar-refractivity contribution in [2.45, 2.75) is 19.1 Å². The van der Waals surface area contributed by atoms with Gasteiger partial charge in [0.1, 0.15) is 26.2 Å². The molecule has 2 aromatic carbocycles. The van der Waals surface area contributed by atoms with Gasteiger partial charge in [-0.3, -0.25) is 0 Å². The Morgan fingerprint density at radius 2 is 1.41 bits per heavy atom. The molecule has 118 valence electrons. The number of aromatic hydroxyl groups is 1. The zero-order valence-electron chi connectivity index (χ0n) is 11.4. The van der Waals surface area contributed by atoms with Crippen molar-refractivity contribution in [3.8, 4) is 11.5 Å². The average molecular weight is 382 g/mol. The SMILES string of the molecule is CC(O)C(Oc1c(Cl)c(Cl)c(O)c(Cl)c1Cl)c1ccccc1. The summed E-state index contributed by atoms with van der Waals surface area (Å²) in [6.07, 6.45) is -1.58. The van der Waals surface area contributed by atoms with Crippen molar-refractivity contribution in [2.24, 2.45) is 0 Å². The maximum Gasteiger partial charge on any atom is 0.160 e. The summed E-state index contributed by atoms with van der Waals surface area (Å²) in [6, 6.07) is 9.06. The highest BCUT2D eigenvalue weighted by molar-refractivity contribution is 6.50. The van der Waals surface area contributed by atoms with Gasteiger partial charge in [-0.2, -0.15) is 0 Å². The van der Waals surface area contributed by atoms with E-state index in [1.165, 1.54) is 0 Å². The minimum absolute atomic E-state index is 0.00545. The predicted octanol–water partition coefficient (Wildman–Crippen LogP) is 5.51. The van der Waals surface area contributed by atoms with Crippen molar-refractivity contribution in [2.75, 3.05) is 0 Å². The summed E-state index contributed by atoms with van der Waals surface area (Å²) in [5.41, 5.74) is 0.727. The van der Waals surface area contributed by atoms with Crippen LogP contribution in [0.4, 0.5) is 0 Å². The normalized spacial score (nSPS) is 13.7. The second kappa shape index (κ2) is 7.16. The molecule has 0 saturated heterocycles. The molecule has 0 fully saturated rings. The van der Waals surface area contributed by atoms with Gasteiger partial charge in [-0.25, -0.2) is 0 Å². The maximum atomic E-state index is 9.98. The van der Waals surface area contributed by atoms with Crippen LogP contribution in [0.3, 0.4) is 0 Å². The Hall–Kier alpha value is -0.840. The van der Waals surface area contributed by atoms with E-state index in [1.807, 2.05) is 18.2 Å². The van der Waals surface area contributed by atoms with E-state index in [1.54, 1.807) is 19.1 Å². The fraction of sp³-hybridized carbons (Fsp3) is 0.200. The van der Waals surface area contributed by atoms with Crippen molar-refractivity contribution < 1.29 is 14.9 Å². The molecule has 2 atom stereocenters. The van der Waals surface area contributed by atoms with E-state index in [2.05, 4.69) is 0 Å². The summed E-state index contributed by atoms with van der Waals surface area (Å²) in [6.45, 7) is 1.57. The smallest absolute Gasteiger partial charge is 0.160 e. The van der Waals surface area contributed by atoms with Crippen LogP contribution in [0, 0.1) is 0 Å². The van der Waals surface area contributed by atoms with Gasteiger partial charge in [-0.1, -0.05) is 76.7 Å². The summed E-state index contributed by atoms with van der Waals surface area (Å²) in [5.74, 6) is -0.412. The van der Waals surface area contributed by atoms with Gasteiger partial charge in [0.2, 0.25) is 0 Å². The summed E-state index contributed by atoms with van der Waals surface area (Å²) in [7, 11) is 0. The zero-order valence-corrected chi connectivity index (χ0v) is 14.4. The fourth-order valence-corrected chi connectivity index (χ4v) is 2.83. The predicted molar refractivity (Wildman–Crippen MR) is 89.6 cm³/mol. The molecule has 0 spiro atoms. The molecule has 7 heteroatoms. The largest absolute Gasteiger partial charge is 0.505 e.